The number of anilines is 1. The lowest BCUT2D eigenvalue weighted by Gasteiger charge is -2.09. The van der Waals surface area contributed by atoms with Crippen LogP contribution in [0.15, 0.2) is 23.4 Å². The fourth-order valence-electron chi connectivity index (χ4n) is 4.12. The number of rotatable bonds is 7. The van der Waals surface area contributed by atoms with Gasteiger partial charge in [0.1, 0.15) is 23.4 Å². The summed E-state index contributed by atoms with van der Waals surface area (Å²) in [4.78, 5) is 13.9. The van der Waals surface area contributed by atoms with Crippen molar-refractivity contribution in [1.82, 2.24) is 14.8 Å². The smallest absolute Gasteiger partial charge is 0.235 e. The number of aryl methyl sites for hydroxylation is 3. The van der Waals surface area contributed by atoms with E-state index in [1.165, 1.54) is 35.0 Å². The molecule has 0 fully saturated rings. The molecule has 0 aliphatic heterocycles. The first-order chi connectivity index (χ1) is 16.5. The zero-order valence-corrected chi connectivity index (χ0v) is 21.4. The number of ether oxygens (including phenoxy) is 1. The minimum Gasteiger partial charge on any atom is -0.485 e. The first kappa shape index (κ1) is 24.3. The molecular weight excluding hydrogens is 466 g/mol. The van der Waals surface area contributed by atoms with Gasteiger partial charge >= 0.3 is 0 Å². The summed E-state index contributed by atoms with van der Waals surface area (Å²) in [5.74, 6) is 1.55. The molecule has 4 rings (SSSR count). The molecule has 1 N–H and O–H groups in total. The standard InChI is InChI=1S/C25H29N5O2S2/c1-16-10-11-20(17(2)12-16)32-14-22-28-29-25(30(22)3)33-15-23(31)27-24-19(13-26)18-8-6-4-5-7-9-21(18)34-24/h10-12H,4-9,14-15H2,1-3H3,(H,27,31). The SMILES string of the molecule is Cc1ccc(OCc2nnc(SCC(=O)Nc3sc4c(c3C#N)CCCCCC4)n2C)c(C)c1. The zero-order valence-electron chi connectivity index (χ0n) is 19.8. The van der Waals surface area contributed by atoms with Crippen molar-refractivity contribution in [1.29, 1.82) is 5.26 Å². The monoisotopic (exact) mass is 495 g/mol. The number of aromatic nitrogens is 3. The highest BCUT2D eigenvalue weighted by Crippen LogP contribution is 2.36. The predicted molar refractivity (Wildman–Crippen MR) is 136 cm³/mol. The van der Waals surface area contributed by atoms with Crippen LogP contribution in [0.4, 0.5) is 5.00 Å². The van der Waals surface area contributed by atoms with Crippen molar-refractivity contribution in [2.45, 2.75) is 64.1 Å². The fourth-order valence-corrected chi connectivity index (χ4v) is 6.10. The Morgan fingerprint density at radius 1 is 1.24 bits per heavy atom. The van der Waals surface area contributed by atoms with Crippen molar-refractivity contribution in [2.75, 3.05) is 11.1 Å². The maximum atomic E-state index is 12.7. The lowest BCUT2D eigenvalue weighted by Crippen LogP contribution is -2.14. The summed E-state index contributed by atoms with van der Waals surface area (Å²) in [5, 5.41) is 22.5. The first-order valence-corrected chi connectivity index (χ1v) is 13.3. The Labute approximate surface area is 208 Å². The number of fused-ring (bicyclic) bond motifs is 1. The Kier molecular flexibility index (Phi) is 7.91. The van der Waals surface area contributed by atoms with Crippen molar-refractivity contribution in [2.24, 2.45) is 7.05 Å². The van der Waals surface area contributed by atoms with Crippen molar-refractivity contribution in [3.05, 3.63) is 51.2 Å². The van der Waals surface area contributed by atoms with Gasteiger partial charge in [-0.15, -0.1) is 21.5 Å². The van der Waals surface area contributed by atoms with Gasteiger partial charge in [-0.05, 0) is 56.7 Å². The molecule has 1 amide bonds. The summed E-state index contributed by atoms with van der Waals surface area (Å²) in [7, 11) is 1.87. The van der Waals surface area contributed by atoms with Gasteiger partial charge in [-0.3, -0.25) is 4.79 Å². The number of nitrogens with one attached hydrogen (secondary N) is 1. The van der Waals surface area contributed by atoms with Crippen LogP contribution in [-0.2, 0) is 31.3 Å². The average molecular weight is 496 g/mol. The van der Waals surface area contributed by atoms with Gasteiger partial charge in [0.2, 0.25) is 5.91 Å². The number of carbonyl (C=O) groups is 1. The first-order valence-electron chi connectivity index (χ1n) is 11.5. The summed E-state index contributed by atoms with van der Waals surface area (Å²) >= 11 is 2.88. The van der Waals surface area contributed by atoms with Crippen molar-refractivity contribution >= 4 is 34.0 Å². The second kappa shape index (κ2) is 11.1. The van der Waals surface area contributed by atoms with Gasteiger partial charge in [-0.25, -0.2) is 0 Å². The fraction of sp³-hybridized carbons (Fsp3) is 0.440. The Hall–Kier alpha value is -2.83. The maximum absolute atomic E-state index is 12.7. The van der Waals surface area contributed by atoms with E-state index in [1.54, 1.807) is 11.3 Å². The molecule has 7 nitrogen and oxygen atoms in total. The molecule has 0 saturated heterocycles. The van der Waals surface area contributed by atoms with Crippen LogP contribution in [-0.4, -0.2) is 26.4 Å². The maximum Gasteiger partial charge on any atom is 0.235 e. The molecule has 0 radical (unpaired) electrons. The normalized spacial score (nSPS) is 13.5. The minimum atomic E-state index is -0.146. The third-order valence-corrected chi connectivity index (χ3v) is 8.21. The van der Waals surface area contributed by atoms with Crippen molar-refractivity contribution in [3.8, 4) is 11.8 Å². The predicted octanol–water partition coefficient (Wildman–Crippen LogP) is 5.33. The quantitative estimate of drug-likeness (QED) is 0.445. The van der Waals surface area contributed by atoms with E-state index in [-0.39, 0.29) is 11.7 Å². The van der Waals surface area contributed by atoms with Gasteiger partial charge < -0.3 is 14.6 Å². The Morgan fingerprint density at radius 3 is 2.79 bits per heavy atom. The Bertz CT molecular complexity index is 1220. The lowest BCUT2D eigenvalue weighted by molar-refractivity contribution is -0.113. The van der Waals surface area contributed by atoms with Crippen LogP contribution in [0.3, 0.4) is 0 Å². The van der Waals surface area contributed by atoms with E-state index in [0.717, 1.165) is 42.6 Å². The molecule has 0 bridgehead atoms. The van der Waals surface area contributed by atoms with Gasteiger partial charge in [-0.1, -0.05) is 42.3 Å². The van der Waals surface area contributed by atoms with E-state index in [2.05, 4.69) is 34.6 Å². The van der Waals surface area contributed by atoms with E-state index in [0.29, 0.717) is 28.2 Å². The van der Waals surface area contributed by atoms with Crippen LogP contribution < -0.4 is 10.1 Å². The second-order valence-electron chi connectivity index (χ2n) is 8.59. The van der Waals surface area contributed by atoms with Crippen LogP contribution in [0.2, 0.25) is 0 Å². The van der Waals surface area contributed by atoms with Crippen molar-refractivity contribution < 1.29 is 9.53 Å². The van der Waals surface area contributed by atoms with Crippen LogP contribution >= 0.6 is 23.1 Å². The van der Waals surface area contributed by atoms with Crippen LogP contribution in [0.1, 0.15) is 58.6 Å². The van der Waals surface area contributed by atoms with E-state index in [4.69, 9.17) is 4.74 Å². The highest BCUT2D eigenvalue weighted by Gasteiger charge is 2.21. The molecule has 178 valence electrons. The molecule has 2 heterocycles. The molecule has 0 saturated carbocycles. The Morgan fingerprint density at radius 2 is 2.03 bits per heavy atom. The van der Waals surface area contributed by atoms with Crippen LogP contribution in [0.25, 0.3) is 0 Å². The summed E-state index contributed by atoms with van der Waals surface area (Å²) in [6, 6.07) is 8.38. The highest BCUT2D eigenvalue weighted by molar-refractivity contribution is 7.99. The number of thiophene rings is 1. The second-order valence-corrected chi connectivity index (χ2v) is 10.6. The number of benzene rings is 1. The largest absolute Gasteiger partial charge is 0.485 e. The van der Waals surface area contributed by atoms with Gasteiger partial charge in [0, 0.05) is 11.9 Å². The van der Waals surface area contributed by atoms with E-state index >= 15 is 0 Å². The Balaban J connectivity index is 1.35. The molecular formula is C25H29N5O2S2. The number of nitriles is 1. The van der Waals surface area contributed by atoms with Crippen LogP contribution in [0, 0.1) is 25.2 Å². The highest BCUT2D eigenvalue weighted by atomic mass is 32.2. The molecule has 1 aromatic carbocycles. The summed E-state index contributed by atoms with van der Waals surface area (Å²) in [6.07, 6.45) is 6.59. The third kappa shape index (κ3) is 5.62. The van der Waals surface area contributed by atoms with E-state index in [9.17, 15) is 10.1 Å². The topological polar surface area (TPSA) is 92.8 Å². The number of hydrogen-bond donors (Lipinski definition) is 1. The minimum absolute atomic E-state index is 0.146. The number of carbonyl (C=O) groups excluding carboxylic acids is 1. The van der Waals surface area contributed by atoms with E-state index in [1.807, 2.05) is 30.7 Å². The zero-order chi connectivity index (χ0) is 24.1. The summed E-state index contributed by atoms with van der Waals surface area (Å²) in [6.45, 7) is 4.37. The van der Waals surface area contributed by atoms with Crippen molar-refractivity contribution in [3.63, 3.8) is 0 Å². The van der Waals surface area contributed by atoms with Gasteiger partial charge in [0.15, 0.2) is 11.0 Å². The molecule has 0 atom stereocenters. The molecule has 9 heteroatoms. The number of thioether (sulfide) groups is 1. The average Bonchev–Trinajstić information content (AvgIpc) is 3.30. The molecule has 0 unspecified atom stereocenters. The van der Waals surface area contributed by atoms with Gasteiger partial charge in [0.25, 0.3) is 0 Å². The molecule has 0 spiro atoms. The van der Waals surface area contributed by atoms with Crippen LogP contribution in [0.5, 0.6) is 5.75 Å². The number of nitrogens with zero attached hydrogens (tertiary/aromatic N) is 4. The van der Waals surface area contributed by atoms with Gasteiger partial charge in [-0.2, -0.15) is 5.26 Å². The van der Waals surface area contributed by atoms with Gasteiger partial charge in [0.05, 0.1) is 11.3 Å². The molecule has 3 aromatic rings. The molecule has 1 aliphatic carbocycles. The summed E-state index contributed by atoms with van der Waals surface area (Å²) < 4.78 is 7.76. The van der Waals surface area contributed by atoms with E-state index < -0.39 is 0 Å². The number of amides is 1. The third-order valence-electron chi connectivity index (χ3n) is 5.98. The number of hydrogen-bond acceptors (Lipinski definition) is 7. The summed E-state index contributed by atoms with van der Waals surface area (Å²) in [5.41, 5.74) is 4.05. The lowest BCUT2D eigenvalue weighted by atomic mass is 9.97. The molecule has 2 aromatic heterocycles. The molecule has 1 aliphatic rings. The molecule has 34 heavy (non-hydrogen) atoms.